The topological polar surface area (TPSA) is 73.4 Å². The molecular weight excluding hydrogens is 254 g/mol. The van der Waals surface area contributed by atoms with E-state index in [0.29, 0.717) is 13.1 Å². The van der Waals surface area contributed by atoms with E-state index in [1.165, 1.54) is 0 Å². The third-order valence-electron chi connectivity index (χ3n) is 3.77. The van der Waals surface area contributed by atoms with E-state index in [0.717, 1.165) is 23.4 Å². The minimum Gasteiger partial charge on any atom is -0.391 e. The van der Waals surface area contributed by atoms with Gasteiger partial charge in [0.25, 0.3) is 0 Å². The van der Waals surface area contributed by atoms with Crippen LogP contribution < -0.4 is 16.0 Å². The van der Waals surface area contributed by atoms with Crippen LogP contribution in [0.5, 0.6) is 0 Å². The lowest BCUT2D eigenvalue weighted by Gasteiger charge is -2.15. The number of aliphatic hydroxyl groups excluding tert-OH is 1. The molecule has 5 heteroatoms. The van der Waals surface area contributed by atoms with Gasteiger partial charge in [-0.3, -0.25) is 4.79 Å². The number of rotatable bonds is 5. The van der Waals surface area contributed by atoms with E-state index in [2.05, 4.69) is 16.0 Å². The lowest BCUT2D eigenvalue weighted by atomic mass is 10.1. The summed E-state index contributed by atoms with van der Waals surface area (Å²) in [4.78, 5) is 11.8. The van der Waals surface area contributed by atoms with Crippen molar-refractivity contribution in [2.24, 2.45) is 5.92 Å². The van der Waals surface area contributed by atoms with Crippen molar-refractivity contribution in [2.75, 3.05) is 31.5 Å². The van der Waals surface area contributed by atoms with Crippen LogP contribution in [0.3, 0.4) is 0 Å². The van der Waals surface area contributed by atoms with Gasteiger partial charge in [-0.25, -0.2) is 0 Å². The maximum Gasteiger partial charge on any atom is 0.239 e. The molecular formula is C15H23N3O2. The second-order valence-corrected chi connectivity index (χ2v) is 5.41. The van der Waals surface area contributed by atoms with Crippen LogP contribution in [0.15, 0.2) is 18.2 Å². The number of carbonyl (C=O) groups is 1. The summed E-state index contributed by atoms with van der Waals surface area (Å²) in [6.45, 7) is 6.18. The van der Waals surface area contributed by atoms with Crippen LogP contribution in [0.1, 0.15) is 11.1 Å². The van der Waals surface area contributed by atoms with Crippen molar-refractivity contribution in [1.82, 2.24) is 10.6 Å². The Balaban J connectivity index is 1.77. The summed E-state index contributed by atoms with van der Waals surface area (Å²) in [6.07, 6.45) is -0.359. The normalized spacial score (nSPS) is 21.8. The van der Waals surface area contributed by atoms with Gasteiger partial charge in [-0.1, -0.05) is 18.2 Å². The van der Waals surface area contributed by atoms with Gasteiger partial charge in [0.1, 0.15) is 0 Å². The Bertz CT molecular complexity index is 456. The van der Waals surface area contributed by atoms with Gasteiger partial charge >= 0.3 is 0 Å². The summed E-state index contributed by atoms with van der Waals surface area (Å²) >= 11 is 0. The van der Waals surface area contributed by atoms with Crippen LogP contribution in [0, 0.1) is 19.8 Å². The van der Waals surface area contributed by atoms with Crippen molar-refractivity contribution in [3.05, 3.63) is 29.3 Å². The fourth-order valence-corrected chi connectivity index (χ4v) is 2.50. The monoisotopic (exact) mass is 277 g/mol. The third-order valence-corrected chi connectivity index (χ3v) is 3.77. The van der Waals surface area contributed by atoms with Gasteiger partial charge in [-0.15, -0.1) is 0 Å². The van der Waals surface area contributed by atoms with E-state index in [9.17, 15) is 9.90 Å². The summed E-state index contributed by atoms with van der Waals surface area (Å²) < 4.78 is 0. The van der Waals surface area contributed by atoms with Gasteiger partial charge in [0.2, 0.25) is 5.91 Å². The van der Waals surface area contributed by atoms with Crippen molar-refractivity contribution in [3.63, 3.8) is 0 Å². The second-order valence-electron chi connectivity index (χ2n) is 5.41. The molecule has 0 spiro atoms. The fraction of sp³-hybridized carbons (Fsp3) is 0.533. The predicted octanol–water partition coefficient (Wildman–Crippen LogP) is 0.412. The van der Waals surface area contributed by atoms with Gasteiger partial charge in [0.05, 0.1) is 12.6 Å². The quantitative estimate of drug-likeness (QED) is 0.629. The number of para-hydroxylation sites is 1. The number of aliphatic hydroxyl groups is 1. The highest BCUT2D eigenvalue weighted by Gasteiger charge is 2.24. The fourth-order valence-electron chi connectivity index (χ4n) is 2.50. The first-order valence-electron chi connectivity index (χ1n) is 7.03. The standard InChI is InChI=1S/C15H23N3O2/c1-10-4-3-5-11(2)15(10)18-9-14(20)17-7-12-6-16-8-13(12)19/h3-5,12-13,16,18-19H,6-9H2,1-2H3,(H,17,20). The molecule has 0 radical (unpaired) electrons. The van der Waals surface area contributed by atoms with Crippen LogP contribution in [-0.4, -0.2) is 43.3 Å². The van der Waals surface area contributed by atoms with E-state index in [-0.39, 0.29) is 24.5 Å². The molecule has 2 rings (SSSR count). The zero-order valence-corrected chi connectivity index (χ0v) is 12.1. The van der Waals surface area contributed by atoms with Crippen LogP contribution in [0.4, 0.5) is 5.69 Å². The van der Waals surface area contributed by atoms with Crippen molar-refractivity contribution in [2.45, 2.75) is 20.0 Å². The molecule has 1 saturated heterocycles. The number of nitrogens with one attached hydrogen (secondary N) is 3. The van der Waals surface area contributed by atoms with Crippen LogP contribution in [0.25, 0.3) is 0 Å². The van der Waals surface area contributed by atoms with E-state index < -0.39 is 0 Å². The van der Waals surface area contributed by atoms with Gasteiger partial charge in [-0.05, 0) is 25.0 Å². The maximum atomic E-state index is 11.8. The summed E-state index contributed by atoms with van der Waals surface area (Å²) in [5, 5.41) is 18.8. The molecule has 1 fully saturated rings. The predicted molar refractivity (Wildman–Crippen MR) is 79.8 cm³/mol. The van der Waals surface area contributed by atoms with Crippen molar-refractivity contribution in [3.8, 4) is 0 Å². The molecule has 20 heavy (non-hydrogen) atoms. The Labute approximate surface area is 119 Å². The van der Waals surface area contributed by atoms with Crippen LogP contribution in [-0.2, 0) is 4.79 Å². The smallest absolute Gasteiger partial charge is 0.239 e. The lowest BCUT2D eigenvalue weighted by molar-refractivity contribution is -0.119. The first kappa shape index (κ1) is 14.8. The number of amides is 1. The average molecular weight is 277 g/mol. The molecule has 5 nitrogen and oxygen atoms in total. The summed E-state index contributed by atoms with van der Waals surface area (Å²) in [5.41, 5.74) is 3.28. The number of hydrogen-bond acceptors (Lipinski definition) is 4. The van der Waals surface area contributed by atoms with Crippen molar-refractivity contribution >= 4 is 11.6 Å². The van der Waals surface area contributed by atoms with Gasteiger partial charge in [0.15, 0.2) is 0 Å². The number of benzene rings is 1. The van der Waals surface area contributed by atoms with E-state index in [1.807, 2.05) is 32.0 Å². The summed E-state index contributed by atoms with van der Waals surface area (Å²) in [5.74, 6) is 0.0610. The van der Waals surface area contributed by atoms with Gasteiger partial charge < -0.3 is 21.1 Å². The van der Waals surface area contributed by atoms with E-state index >= 15 is 0 Å². The second kappa shape index (κ2) is 6.72. The summed E-state index contributed by atoms with van der Waals surface area (Å²) in [7, 11) is 0. The number of aryl methyl sites for hydroxylation is 2. The van der Waals surface area contributed by atoms with Crippen molar-refractivity contribution < 1.29 is 9.90 Å². The van der Waals surface area contributed by atoms with Gasteiger partial charge in [-0.2, -0.15) is 0 Å². The Hall–Kier alpha value is -1.59. The first-order valence-corrected chi connectivity index (χ1v) is 7.03. The number of carbonyl (C=O) groups excluding carboxylic acids is 1. The highest BCUT2D eigenvalue weighted by atomic mass is 16.3. The Morgan fingerprint density at radius 2 is 2.05 bits per heavy atom. The first-order chi connectivity index (χ1) is 9.58. The molecule has 2 unspecified atom stereocenters. The third kappa shape index (κ3) is 3.71. The minimum absolute atomic E-state index is 0.0493. The molecule has 1 aliphatic rings. The molecule has 0 aromatic heterocycles. The SMILES string of the molecule is Cc1cccc(C)c1NCC(=O)NCC1CNCC1O. The summed E-state index contributed by atoms with van der Waals surface area (Å²) in [6, 6.07) is 6.05. The molecule has 1 aromatic rings. The number of anilines is 1. The molecule has 1 amide bonds. The van der Waals surface area contributed by atoms with Crippen LogP contribution in [0.2, 0.25) is 0 Å². The maximum absolute atomic E-state index is 11.8. The molecule has 1 heterocycles. The molecule has 0 bridgehead atoms. The number of hydrogen-bond donors (Lipinski definition) is 4. The Morgan fingerprint density at radius 3 is 2.65 bits per heavy atom. The van der Waals surface area contributed by atoms with E-state index in [1.54, 1.807) is 0 Å². The highest BCUT2D eigenvalue weighted by Crippen LogP contribution is 2.18. The Kier molecular flexibility index (Phi) is 4.98. The Morgan fingerprint density at radius 1 is 1.35 bits per heavy atom. The van der Waals surface area contributed by atoms with Crippen molar-refractivity contribution in [1.29, 1.82) is 0 Å². The molecule has 0 saturated carbocycles. The molecule has 1 aromatic carbocycles. The number of β-amino-alcohol motifs (C(OH)–C–C–N with tert-alkyl or cyclic N) is 1. The molecule has 4 N–H and O–H groups in total. The lowest BCUT2D eigenvalue weighted by Crippen LogP contribution is -2.37. The van der Waals surface area contributed by atoms with Gasteiger partial charge in [0, 0.05) is 31.2 Å². The largest absolute Gasteiger partial charge is 0.391 e. The molecule has 0 aliphatic carbocycles. The molecule has 1 aliphatic heterocycles. The van der Waals surface area contributed by atoms with E-state index in [4.69, 9.17) is 0 Å². The van der Waals surface area contributed by atoms with Crippen LogP contribution >= 0.6 is 0 Å². The minimum atomic E-state index is -0.359. The molecule has 110 valence electrons. The zero-order valence-electron chi connectivity index (χ0n) is 12.1. The average Bonchev–Trinajstić information content (AvgIpc) is 2.81. The zero-order chi connectivity index (χ0) is 14.5. The highest BCUT2D eigenvalue weighted by molar-refractivity contribution is 5.81. The molecule has 2 atom stereocenters.